The zero-order valence-electron chi connectivity index (χ0n) is 21.9. The number of imide groups is 1. The zero-order chi connectivity index (χ0) is 26.1. The Morgan fingerprint density at radius 1 is 1.05 bits per heavy atom. The molecule has 202 valence electrons. The second-order valence-electron chi connectivity index (χ2n) is 11.4. The molecule has 2 saturated carbocycles. The van der Waals surface area contributed by atoms with Crippen molar-refractivity contribution in [1.82, 2.24) is 24.8 Å². The molecule has 0 unspecified atom stereocenters. The Morgan fingerprint density at radius 2 is 1.79 bits per heavy atom. The van der Waals surface area contributed by atoms with Gasteiger partial charge in [0.1, 0.15) is 17.4 Å². The minimum absolute atomic E-state index is 0.0747. The number of amides is 2. The van der Waals surface area contributed by atoms with E-state index in [0.29, 0.717) is 53.4 Å². The lowest BCUT2D eigenvalue weighted by atomic mass is 9.83. The van der Waals surface area contributed by atoms with Gasteiger partial charge < -0.3 is 15.5 Å². The fourth-order valence-electron chi connectivity index (χ4n) is 5.94. The van der Waals surface area contributed by atoms with E-state index in [2.05, 4.69) is 25.9 Å². The van der Waals surface area contributed by atoms with Crippen molar-refractivity contribution >= 4 is 41.0 Å². The number of aromatic nitrogens is 3. The molecule has 6 rings (SSSR count). The largest absolute Gasteiger partial charge is 0.367 e. The topological polar surface area (TPSA) is 121 Å². The normalized spacial score (nSPS) is 25.3. The molecule has 38 heavy (non-hydrogen) atoms. The summed E-state index contributed by atoms with van der Waals surface area (Å²) in [7, 11) is 0. The van der Waals surface area contributed by atoms with Gasteiger partial charge in [0.2, 0.25) is 5.91 Å². The third-order valence-corrected chi connectivity index (χ3v) is 8.27. The molecule has 0 bridgehead atoms. The summed E-state index contributed by atoms with van der Waals surface area (Å²) in [5.41, 5.74) is 1.79. The van der Waals surface area contributed by atoms with Crippen molar-refractivity contribution in [3.63, 3.8) is 0 Å². The molecular formula is C28H37N7O3. The summed E-state index contributed by atoms with van der Waals surface area (Å²) in [5.74, 6) is 1.90. The molecule has 2 aromatic rings. The molecule has 2 aliphatic heterocycles. The van der Waals surface area contributed by atoms with E-state index in [-0.39, 0.29) is 18.2 Å². The van der Waals surface area contributed by atoms with E-state index in [1.807, 2.05) is 6.07 Å². The predicted molar refractivity (Wildman–Crippen MR) is 145 cm³/mol. The highest BCUT2D eigenvalue weighted by Crippen LogP contribution is 2.31. The van der Waals surface area contributed by atoms with Crippen molar-refractivity contribution in [3.05, 3.63) is 23.4 Å². The van der Waals surface area contributed by atoms with Crippen molar-refractivity contribution < 1.29 is 14.4 Å². The van der Waals surface area contributed by atoms with Gasteiger partial charge in [-0.15, -0.1) is 0 Å². The number of hydrogen-bond acceptors (Lipinski definition) is 8. The number of carbonyl (C=O) groups is 3. The molecule has 0 radical (unpaired) electrons. The maximum absolute atomic E-state index is 12.5. The molecule has 2 aromatic heterocycles. The number of hydrogen-bond donors (Lipinski definition) is 3. The molecule has 10 heteroatoms. The molecule has 4 heterocycles. The predicted octanol–water partition coefficient (Wildman–Crippen LogP) is 3.15. The number of Topliss-reactive ketones (excluding diaryl/α,β-unsaturated/α-hetero) is 1. The van der Waals surface area contributed by atoms with Crippen molar-refractivity contribution in [3.8, 4) is 0 Å². The fraction of sp³-hybridized carbons (Fsp3) is 0.607. The molecule has 4 fully saturated rings. The summed E-state index contributed by atoms with van der Waals surface area (Å²) in [6.07, 6.45) is 13.8. The third kappa shape index (κ3) is 5.90. The molecule has 4 aliphatic rings. The summed E-state index contributed by atoms with van der Waals surface area (Å²) in [6, 6.07) is 2.75. The first-order valence-corrected chi connectivity index (χ1v) is 14.2. The Labute approximate surface area is 222 Å². The van der Waals surface area contributed by atoms with E-state index in [9.17, 15) is 14.4 Å². The minimum atomic E-state index is -0.355. The van der Waals surface area contributed by atoms with Gasteiger partial charge in [0.15, 0.2) is 5.65 Å². The first-order chi connectivity index (χ1) is 18.5. The number of rotatable bonds is 10. The lowest BCUT2D eigenvalue weighted by Gasteiger charge is -2.29. The van der Waals surface area contributed by atoms with Crippen LogP contribution >= 0.6 is 0 Å². The van der Waals surface area contributed by atoms with Crippen LogP contribution in [-0.4, -0.2) is 68.8 Å². The molecule has 2 saturated heterocycles. The van der Waals surface area contributed by atoms with Crippen LogP contribution in [0.4, 0.5) is 11.6 Å². The Morgan fingerprint density at radius 3 is 2.50 bits per heavy atom. The number of nitrogens with zero attached hydrogens (tertiary/aromatic N) is 4. The number of nitrogens with one attached hydrogen (secondary N) is 3. The molecular weight excluding hydrogens is 482 g/mol. The SMILES string of the molecule is O=C(CCN1CCCC1)CC1CCC(Nc2cc(NC3CC3)n3ncc(/C=C4\CC(=O)NC4=O)c3n2)CC1. The lowest BCUT2D eigenvalue weighted by molar-refractivity contribution is -0.124. The van der Waals surface area contributed by atoms with Gasteiger partial charge in [-0.05, 0) is 76.5 Å². The summed E-state index contributed by atoms with van der Waals surface area (Å²) >= 11 is 0. The van der Waals surface area contributed by atoms with Crippen molar-refractivity contribution in [2.24, 2.45) is 5.92 Å². The third-order valence-electron chi connectivity index (χ3n) is 8.27. The van der Waals surface area contributed by atoms with Crippen LogP contribution in [0.15, 0.2) is 17.8 Å². The van der Waals surface area contributed by atoms with Crippen LogP contribution in [0.5, 0.6) is 0 Å². The number of likely N-dealkylation sites (tertiary alicyclic amines) is 1. The average molecular weight is 520 g/mol. The Bertz CT molecular complexity index is 1250. The first kappa shape index (κ1) is 25.0. The average Bonchev–Trinajstić information content (AvgIpc) is 3.24. The maximum atomic E-state index is 12.5. The van der Waals surface area contributed by atoms with Crippen LogP contribution in [0.3, 0.4) is 0 Å². The second-order valence-corrected chi connectivity index (χ2v) is 11.4. The number of ketones is 1. The van der Waals surface area contributed by atoms with Crippen molar-refractivity contribution in [2.45, 2.75) is 82.7 Å². The highest BCUT2D eigenvalue weighted by Gasteiger charge is 2.27. The van der Waals surface area contributed by atoms with Gasteiger partial charge in [0.25, 0.3) is 5.91 Å². The van der Waals surface area contributed by atoms with Gasteiger partial charge in [-0.1, -0.05) is 0 Å². The van der Waals surface area contributed by atoms with Crippen LogP contribution in [0.1, 0.15) is 76.2 Å². The Hall–Kier alpha value is -3.27. The molecule has 3 N–H and O–H groups in total. The molecule has 0 atom stereocenters. The first-order valence-electron chi connectivity index (χ1n) is 14.2. The highest BCUT2D eigenvalue weighted by molar-refractivity contribution is 6.15. The fourth-order valence-corrected chi connectivity index (χ4v) is 5.94. The summed E-state index contributed by atoms with van der Waals surface area (Å²) in [4.78, 5) is 43.6. The number of carbonyl (C=O) groups excluding carboxylic acids is 3. The van der Waals surface area contributed by atoms with Crippen LogP contribution in [0.2, 0.25) is 0 Å². The van der Waals surface area contributed by atoms with E-state index in [1.165, 1.54) is 12.8 Å². The van der Waals surface area contributed by atoms with Gasteiger partial charge in [-0.3, -0.25) is 19.7 Å². The van der Waals surface area contributed by atoms with Crippen LogP contribution < -0.4 is 16.0 Å². The Kier molecular flexibility index (Phi) is 7.14. The van der Waals surface area contributed by atoms with Gasteiger partial charge in [0.05, 0.1) is 12.6 Å². The molecule has 2 aliphatic carbocycles. The van der Waals surface area contributed by atoms with Crippen molar-refractivity contribution in [1.29, 1.82) is 0 Å². The molecule has 0 aromatic carbocycles. The van der Waals surface area contributed by atoms with E-state index >= 15 is 0 Å². The number of anilines is 2. The van der Waals surface area contributed by atoms with Gasteiger partial charge in [-0.25, -0.2) is 4.98 Å². The molecule has 10 nitrogen and oxygen atoms in total. The number of fused-ring (bicyclic) bond motifs is 1. The van der Waals surface area contributed by atoms with E-state index in [0.717, 1.165) is 69.8 Å². The van der Waals surface area contributed by atoms with Crippen LogP contribution in [-0.2, 0) is 14.4 Å². The summed E-state index contributed by atoms with van der Waals surface area (Å²) in [6.45, 7) is 3.22. The minimum Gasteiger partial charge on any atom is -0.367 e. The summed E-state index contributed by atoms with van der Waals surface area (Å²) in [5, 5.41) is 14.0. The van der Waals surface area contributed by atoms with E-state index in [1.54, 1.807) is 16.8 Å². The zero-order valence-corrected chi connectivity index (χ0v) is 21.9. The van der Waals surface area contributed by atoms with E-state index in [4.69, 9.17) is 4.98 Å². The van der Waals surface area contributed by atoms with Crippen molar-refractivity contribution in [2.75, 3.05) is 30.3 Å². The second kappa shape index (κ2) is 10.8. The molecule has 0 spiro atoms. The monoisotopic (exact) mass is 519 g/mol. The maximum Gasteiger partial charge on any atom is 0.254 e. The van der Waals surface area contributed by atoms with Gasteiger partial charge >= 0.3 is 0 Å². The smallest absolute Gasteiger partial charge is 0.254 e. The molecule has 2 amide bonds. The van der Waals surface area contributed by atoms with Crippen LogP contribution in [0, 0.1) is 5.92 Å². The lowest BCUT2D eigenvalue weighted by Crippen LogP contribution is -2.28. The van der Waals surface area contributed by atoms with E-state index < -0.39 is 0 Å². The Balaban J connectivity index is 1.10. The highest BCUT2D eigenvalue weighted by atomic mass is 16.2. The van der Waals surface area contributed by atoms with Crippen LogP contribution in [0.25, 0.3) is 11.7 Å². The van der Waals surface area contributed by atoms with Gasteiger partial charge in [0, 0.05) is 48.7 Å². The summed E-state index contributed by atoms with van der Waals surface area (Å²) < 4.78 is 1.77. The standard InChI is InChI=1S/C28H37N7O3/c36-23(9-12-34-10-1-2-11-34)13-18-3-5-21(6-4-18)30-24-16-25(31-22-7-8-22)35-27(32-24)20(17-29-35)14-19-15-26(37)33-28(19)38/h14,16-18,21-22,31H,1-13,15H2,(H,30,32)(H,33,37,38)/b19-14+. The quantitative estimate of drug-likeness (QED) is 0.323. The van der Waals surface area contributed by atoms with Gasteiger partial charge in [-0.2, -0.15) is 9.61 Å².